The first-order chi connectivity index (χ1) is 10.5. The molecule has 8 nitrogen and oxygen atoms in total. The summed E-state index contributed by atoms with van der Waals surface area (Å²) in [6.07, 6.45) is -1.18. The predicted octanol–water partition coefficient (Wildman–Crippen LogP) is 1.22. The van der Waals surface area contributed by atoms with Crippen LogP contribution in [0.3, 0.4) is 0 Å². The number of hydrogen-bond donors (Lipinski definition) is 3. The van der Waals surface area contributed by atoms with Crippen LogP contribution in [0.15, 0.2) is 23.3 Å². The summed E-state index contributed by atoms with van der Waals surface area (Å²) in [6, 6.07) is 7.96. The van der Waals surface area contributed by atoms with E-state index in [1.54, 1.807) is 30.3 Å². The van der Waals surface area contributed by atoms with Crippen molar-refractivity contribution in [1.29, 1.82) is 10.5 Å². The van der Waals surface area contributed by atoms with Crippen LogP contribution in [-0.2, 0) is 4.79 Å². The number of aliphatic hydroxyl groups excluding tert-OH is 1. The highest BCUT2D eigenvalue weighted by molar-refractivity contribution is 6.10. The van der Waals surface area contributed by atoms with Crippen LogP contribution in [0.4, 0.5) is 11.4 Å². The highest BCUT2D eigenvalue weighted by atomic mass is 16.5. The maximum absolute atomic E-state index is 11.6. The quantitative estimate of drug-likeness (QED) is 0.535. The molecule has 1 aromatic rings. The summed E-state index contributed by atoms with van der Waals surface area (Å²) >= 11 is 0. The largest absolute Gasteiger partial charge is 0.494 e. The average molecular weight is 301 g/mol. The van der Waals surface area contributed by atoms with Gasteiger partial charge in [0.25, 0.3) is 5.91 Å². The van der Waals surface area contributed by atoms with Gasteiger partial charge in [-0.2, -0.15) is 15.6 Å². The molecule has 1 amide bonds. The molecular weight excluding hydrogens is 286 g/mol. The van der Waals surface area contributed by atoms with Gasteiger partial charge in [-0.3, -0.25) is 10.2 Å². The van der Waals surface area contributed by atoms with E-state index in [9.17, 15) is 9.90 Å². The standard InChI is InChI=1S/C14H15N5O3/c1-3-22-11-4-5-12(17-14(21)9(2)20)13(6-11)19-18-10(7-15)8-16/h4-6,9,19-20H,3H2,1-2H3,(H,17,21). The van der Waals surface area contributed by atoms with Gasteiger partial charge in [-0.1, -0.05) is 0 Å². The molecule has 0 bridgehead atoms. The van der Waals surface area contributed by atoms with Crippen LogP contribution < -0.4 is 15.5 Å². The van der Waals surface area contributed by atoms with Crippen molar-refractivity contribution in [2.45, 2.75) is 20.0 Å². The molecule has 0 radical (unpaired) electrons. The number of benzene rings is 1. The number of carbonyl (C=O) groups is 1. The van der Waals surface area contributed by atoms with Gasteiger partial charge in [0.05, 0.1) is 18.0 Å². The van der Waals surface area contributed by atoms with Crippen molar-refractivity contribution in [3.05, 3.63) is 18.2 Å². The highest BCUT2D eigenvalue weighted by Crippen LogP contribution is 2.27. The summed E-state index contributed by atoms with van der Waals surface area (Å²) in [6.45, 7) is 3.60. The number of anilines is 2. The van der Waals surface area contributed by atoms with Crippen molar-refractivity contribution < 1.29 is 14.6 Å². The Morgan fingerprint density at radius 2 is 2.09 bits per heavy atom. The SMILES string of the molecule is CCOc1ccc(NC(=O)C(C)O)c(NN=C(C#N)C#N)c1. The molecule has 1 rings (SSSR count). The highest BCUT2D eigenvalue weighted by Gasteiger charge is 2.12. The number of carbonyl (C=O) groups excluding carboxylic acids is 1. The van der Waals surface area contributed by atoms with E-state index in [0.717, 1.165) is 0 Å². The van der Waals surface area contributed by atoms with E-state index in [2.05, 4.69) is 15.8 Å². The van der Waals surface area contributed by atoms with E-state index >= 15 is 0 Å². The maximum atomic E-state index is 11.6. The van der Waals surface area contributed by atoms with Crippen LogP contribution in [0, 0.1) is 22.7 Å². The fraction of sp³-hybridized carbons (Fsp3) is 0.286. The van der Waals surface area contributed by atoms with Crippen molar-refractivity contribution >= 4 is 23.0 Å². The third-order valence-corrected chi connectivity index (χ3v) is 2.44. The molecule has 8 heteroatoms. The first-order valence-corrected chi connectivity index (χ1v) is 6.41. The van der Waals surface area contributed by atoms with Crippen molar-refractivity contribution in [2.24, 2.45) is 5.10 Å². The average Bonchev–Trinajstić information content (AvgIpc) is 2.50. The number of nitriles is 2. The summed E-state index contributed by atoms with van der Waals surface area (Å²) in [4.78, 5) is 11.6. The monoisotopic (exact) mass is 301 g/mol. The topological polar surface area (TPSA) is 131 Å². The Labute approximate surface area is 127 Å². The molecule has 0 heterocycles. The minimum absolute atomic E-state index is 0.322. The van der Waals surface area contributed by atoms with Crippen LogP contribution in [0.1, 0.15) is 13.8 Å². The zero-order valence-corrected chi connectivity index (χ0v) is 12.1. The van der Waals surface area contributed by atoms with E-state index in [-0.39, 0.29) is 5.71 Å². The number of amides is 1. The molecule has 1 aromatic carbocycles. The molecule has 0 saturated carbocycles. The molecule has 114 valence electrons. The summed E-state index contributed by atoms with van der Waals surface area (Å²) < 4.78 is 5.33. The number of nitrogens with one attached hydrogen (secondary N) is 2. The van der Waals surface area contributed by atoms with E-state index in [1.165, 1.54) is 6.92 Å². The Balaban J connectivity index is 3.10. The first-order valence-electron chi connectivity index (χ1n) is 6.41. The normalized spacial score (nSPS) is 10.6. The molecule has 0 aliphatic rings. The van der Waals surface area contributed by atoms with E-state index < -0.39 is 12.0 Å². The first kappa shape index (κ1) is 17.0. The Bertz CT molecular complexity index is 639. The van der Waals surface area contributed by atoms with Crippen LogP contribution in [0.2, 0.25) is 0 Å². The lowest BCUT2D eigenvalue weighted by Gasteiger charge is -2.13. The minimum Gasteiger partial charge on any atom is -0.494 e. The summed E-state index contributed by atoms with van der Waals surface area (Å²) in [5.74, 6) is -0.0808. The zero-order valence-electron chi connectivity index (χ0n) is 12.1. The van der Waals surface area contributed by atoms with E-state index in [4.69, 9.17) is 15.3 Å². The Morgan fingerprint density at radius 3 is 2.64 bits per heavy atom. The molecule has 3 N–H and O–H groups in total. The van der Waals surface area contributed by atoms with Crippen molar-refractivity contribution in [3.8, 4) is 17.9 Å². The maximum Gasteiger partial charge on any atom is 0.252 e. The second-order valence-electron chi connectivity index (χ2n) is 4.10. The molecule has 0 saturated heterocycles. The van der Waals surface area contributed by atoms with Gasteiger partial charge in [-0.05, 0) is 26.0 Å². The van der Waals surface area contributed by atoms with Crippen LogP contribution >= 0.6 is 0 Å². The van der Waals surface area contributed by atoms with Gasteiger partial charge in [-0.15, -0.1) is 0 Å². The zero-order chi connectivity index (χ0) is 16.5. The molecule has 0 fully saturated rings. The van der Waals surface area contributed by atoms with Crippen molar-refractivity contribution in [3.63, 3.8) is 0 Å². The van der Waals surface area contributed by atoms with Gasteiger partial charge in [0.1, 0.15) is 24.0 Å². The van der Waals surface area contributed by atoms with Crippen molar-refractivity contribution in [2.75, 3.05) is 17.3 Å². The smallest absolute Gasteiger partial charge is 0.252 e. The Morgan fingerprint density at radius 1 is 1.41 bits per heavy atom. The molecule has 1 atom stereocenters. The van der Waals surface area contributed by atoms with Gasteiger partial charge in [0.2, 0.25) is 5.71 Å². The number of ether oxygens (including phenoxy) is 1. The summed E-state index contributed by atoms with van der Waals surface area (Å²) in [7, 11) is 0. The fourth-order valence-electron chi connectivity index (χ4n) is 1.41. The van der Waals surface area contributed by atoms with Gasteiger partial charge >= 0.3 is 0 Å². The van der Waals surface area contributed by atoms with Crippen LogP contribution in [-0.4, -0.2) is 29.4 Å². The van der Waals surface area contributed by atoms with Crippen LogP contribution in [0.5, 0.6) is 5.75 Å². The molecule has 22 heavy (non-hydrogen) atoms. The lowest BCUT2D eigenvalue weighted by atomic mass is 10.2. The minimum atomic E-state index is -1.18. The number of aliphatic hydroxyl groups is 1. The van der Waals surface area contributed by atoms with Gasteiger partial charge in [0.15, 0.2) is 0 Å². The number of hydrazone groups is 1. The number of nitrogens with zero attached hydrogens (tertiary/aromatic N) is 3. The Hall–Kier alpha value is -3.10. The van der Waals surface area contributed by atoms with Gasteiger partial charge < -0.3 is 15.2 Å². The number of rotatable bonds is 6. The molecule has 0 aromatic heterocycles. The molecule has 0 aliphatic heterocycles. The molecule has 0 aliphatic carbocycles. The third kappa shape index (κ3) is 4.78. The van der Waals surface area contributed by atoms with Gasteiger partial charge in [0, 0.05) is 6.07 Å². The summed E-state index contributed by atoms with van der Waals surface area (Å²) in [5, 5.41) is 32.7. The second kappa shape index (κ2) is 8.25. The number of hydrogen-bond acceptors (Lipinski definition) is 7. The van der Waals surface area contributed by atoms with Crippen LogP contribution in [0.25, 0.3) is 0 Å². The Kier molecular flexibility index (Phi) is 6.35. The van der Waals surface area contributed by atoms with E-state index in [0.29, 0.717) is 23.7 Å². The van der Waals surface area contributed by atoms with Crippen molar-refractivity contribution in [1.82, 2.24) is 0 Å². The predicted molar refractivity (Wildman–Crippen MR) is 80.2 cm³/mol. The summed E-state index contributed by atoms with van der Waals surface area (Å²) in [5.41, 5.74) is 2.81. The van der Waals surface area contributed by atoms with E-state index in [1.807, 2.05) is 6.92 Å². The molecular formula is C14H15N5O3. The molecule has 1 unspecified atom stereocenters. The lowest BCUT2D eigenvalue weighted by Crippen LogP contribution is -2.24. The fourth-order valence-corrected chi connectivity index (χ4v) is 1.41. The molecule has 0 spiro atoms. The van der Waals surface area contributed by atoms with Gasteiger partial charge in [-0.25, -0.2) is 0 Å². The third-order valence-electron chi connectivity index (χ3n) is 2.44. The lowest BCUT2D eigenvalue weighted by molar-refractivity contribution is -0.123. The second-order valence-corrected chi connectivity index (χ2v) is 4.10.